The summed E-state index contributed by atoms with van der Waals surface area (Å²) < 4.78 is 14.4. The number of carbonyl (C=O) groups excluding carboxylic acids is 1. The van der Waals surface area contributed by atoms with E-state index < -0.39 is 0 Å². The van der Waals surface area contributed by atoms with E-state index in [1.54, 1.807) is 12.1 Å². The van der Waals surface area contributed by atoms with Crippen LogP contribution in [0.2, 0.25) is 0 Å². The first-order chi connectivity index (χ1) is 10.2. The maximum atomic E-state index is 14.4. The molecule has 2 fully saturated rings. The molecule has 0 bridgehead atoms. The predicted molar refractivity (Wildman–Crippen MR) is 79.9 cm³/mol. The highest BCUT2D eigenvalue weighted by Gasteiger charge is 2.48. The number of carbonyl (C=O) groups is 1. The summed E-state index contributed by atoms with van der Waals surface area (Å²) in [6, 6.07) is 5.10. The molecule has 1 N–H and O–H groups in total. The molecule has 2 heterocycles. The van der Waals surface area contributed by atoms with Gasteiger partial charge in [-0.3, -0.25) is 4.79 Å². The molecule has 1 saturated heterocycles. The zero-order valence-corrected chi connectivity index (χ0v) is 12.2. The van der Waals surface area contributed by atoms with Crippen molar-refractivity contribution in [2.45, 2.75) is 50.0 Å². The molecule has 1 aliphatic carbocycles. The van der Waals surface area contributed by atoms with Crippen molar-refractivity contribution in [3.8, 4) is 0 Å². The maximum Gasteiger partial charge on any atom is 0.244 e. The molecule has 21 heavy (non-hydrogen) atoms. The van der Waals surface area contributed by atoms with Crippen molar-refractivity contribution in [1.29, 1.82) is 0 Å². The van der Waals surface area contributed by atoms with Crippen LogP contribution in [0.4, 0.5) is 10.1 Å². The molecular formula is C17H21FN2O. The van der Waals surface area contributed by atoms with E-state index in [4.69, 9.17) is 0 Å². The van der Waals surface area contributed by atoms with Crippen molar-refractivity contribution in [2.75, 3.05) is 18.0 Å². The quantitative estimate of drug-likeness (QED) is 0.862. The molecular weight excluding hydrogens is 267 g/mol. The van der Waals surface area contributed by atoms with Crippen LogP contribution in [0, 0.1) is 5.82 Å². The van der Waals surface area contributed by atoms with Crippen molar-refractivity contribution >= 4 is 11.6 Å². The van der Waals surface area contributed by atoms with Gasteiger partial charge in [0.05, 0.1) is 11.7 Å². The number of halogens is 1. The van der Waals surface area contributed by atoms with Gasteiger partial charge >= 0.3 is 0 Å². The monoisotopic (exact) mass is 288 g/mol. The van der Waals surface area contributed by atoms with E-state index in [1.807, 2.05) is 11.0 Å². The average molecular weight is 288 g/mol. The van der Waals surface area contributed by atoms with Crippen molar-refractivity contribution in [2.24, 2.45) is 0 Å². The summed E-state index contributed by atoms with van der Waals surface area (Å²) in [5.74, 6) is -0.00722. The van der Waals surface area contributed by atoms with E-state index in [0.717, 1.165) is 56.3 Å². The molecule has 1 saturated carbocycles. The summed E-state index contributed by atoms with van der Waals surface area (Å²) in [7, 11) is 0. The molecule has 0 radical (unpaired) electrons. The van der Waals surface area contributed by atoms with Crippen LogP contribution in [0.1, 0.15) is 44.1 Å². The van der Waals surface area contributed by atoms with Crippen molar-refractivity contribution in [3.63, 3.8) is 0 Å². The van der Waals surface area contributed by atoms with Gasteiger partial charge in [-0.05, 0) is 44.4 Å². The minimum Gasteiger partial charge on any atom is -0.310 e. The second kappa shape index (κ2) is 4.80. The predicted octanol–water partition coefficient (Wildman–Crippen LogP) is 2.74. The number of anilines is 1. The first-order valence-electron chi connectivity index (χ1n) is 8.05. The lowest BCUT2D eigenvalue weighted by Gasteiger charge is -2.26. The molecule has 3 nitrogen and oxygen atoms in total. The molecule has 1 spiro atoms. The number of hydrogen-bond donors (Lipinski definition) is 1. The number of hydrogen-bond acceptors (Lipinski definition) is 2. The molecule has 1 aromatic rings. The first kappa shape index (κ1) is 13.3. The van der Waals surface area contributed by atoms with Crippen molar-refractivity contribution < 1.29 is 9.18 Å². The van der Waals surface area contributed by atoms with Gasteiger partial charge in [-0.15, -0.1) is 0 Å². The summed E-state index contributed by atoms with van der Waals surface area (Å²) in [5, 5.41) is 3.27. The molecule has 1 aromatic carbocycles. The lowest BCUT2D eigenvalue weighted by Crippen LogP contribution is -2.45. The van der Waals surface area contributed by atoms with E-state index in [0.29, 0.717) is 6.54 Å². The molecule has 0 aromatic heterocycles. The Labute approximate surface area is 124 Å². The maximum absolute atomic E-state index is 14.4. The van der Waals surface area contributed by atoms with Gasteiger partial charge in [-0.1, -0.05) is 18.9 Å². The Hall–Kier alpha value is -1.42. The van der Waals surface area contributed by atoms with Crippen LogP contribution in [0.25, 0.3) is 0 Å². The van der Waals surface area contributed by atoms with Gasteiger partial charge in [-0.2, -0.15) is 0 Å². The summed E-state index contributed by atoms with van der Waals surface area (Å²) in [4.78, 5) is 14.7. The smallest absolute Gasteiger partial charge is 0.244 e. The SMILES string of the molecule is O=C([C@@H]1CCCN1)N1CC2(CCCC2)c2c(F)cccc21. The zero-order valence-electron chi connectivity index (χ0n) is 12.2. The molecule has 3 aliphatic rings. The van der Waals surface area contributed by atoms with E-state index in [-0.39, 0.29) is 23.2 Å². The standard InChI is InChI=1S/C17H21FN2O/c18-12-5-3-7-14-15(12)17(8-1-2-9-17)11-20(14)16(21)13-6-4-10-19-13/h3,5,7,13,19H,1-2,4,6,8-11H2/t13-/m0/s1. The highest BCUT2D eigenvalue weighted by molar-refractivity contribution is 6.00. The Bertz CT molecular complexity index is 574. The summed E-state index contributed by atoms with van der Waals surface area (Å²) >= 11 is 0. The minimum atomic E-state index is -0.135. The molecule has 4 rings (SSSR count). The highest BCUT2D eigenvalue weighted by atomic mass is 19.1. The summed E-state index contributed by atoms with van der Waals surface area (Å²) in [6.07, 6.45) is 6.22. The molecule has 112 valence electrons. The number of fused-ring (bicyclic) bond motifs is 2. The molecule has 1 atom stereocenters. The van der Waals surface area contributed by atoms with E-state index in [2.05, 4.69) is 5.32 Å². The summed E-state index contributed by atoms with van der Waals surface area (Å²) in [5.41, 5.74) is 1.49. The second-order valence-electron chi connectivity index (χ2n) is 6.69. The Morgan fingerprint density at radius 1 is 1.29 bits per heavy atom. The molecule has 2 aliphatic heterocycles. The topological polar surface area (TPSA) is 32.3 Å². The molecule has 4 heteroatoms. The third kappa shape index (κ3) is 1.92. The lowest BCUT2D eigenvalue weighted by atomic mass is 9.80. The second-order valence-corrected chi connectivity index (χ2v) is 6.69. The fourth-order valence-corrected chi connectivity index (χ4v) is 4.47. The average Bonchev–Trinajstić information content (AvgIpc) is 3.21. The van der Waals surface area contributed by atoms with Gasteiger partial charge in [0.1, 0.15) is 5.82 Å². The van der Waals surface area contributed by atoms with Gasteiger partial charge in [-0.25, -0.2) is 4.39 Å². The van der Waals surface area contributed by atoms with Gasteiger partial charge in [0.2, 0.25) is 5.91 Å². The third-order valence-electron chi connectivity index (χ3n) is 5.46. The molecule has 0 unspecified atom stereocenters. The lowest BCUT2D eigenvalue weighted by molar-refractivity contribution is -0.120. The largest absolute Gasteiger partial charge is 0.310 e. The van der Waals surface area contributed by atoms with Gasteiger partial charge in [0.15, 0.2) is 0 Å². The van der Waals surface area contributed by atoms with Gasteiger partial charge in [0, 0.05) is 17.5 Å². The van der Waals surface area contributed by atoms with Crippen LogP contribution < -0.4 is 10.2 Å². The van der Waals surface area contributed by atoms with Crippen LogP contribution in [0.5, 0.6) is 0 Å². The Kier molecular flexibility index (Phi) is 3.03. The number of benzene rings is 1. The molecule has 1 amide bonds. The zero-order chi connectivity index (χ0) is 14.4. The van der Waals surface area contributed by atoms with Crippen molar-refractivity contribution in [1.82, 2.24) is 5.32 Å². The number of rotatable bonds is 1. The Morgan fingerprint density at radius 2 is 2.10 bits per heavy atom. The Balaban J connectivity index is 1.75. The third-order valence-corrected chi connectivity index (χ3v) is 5.46. The Morgan fingerprint density at radius 3 is 2.81 bits per heavy atom. The minimum absolute atomic E-state index is 0.0855. The van der Waals surface area contributed by atoms with Gasteiger partial charge < -0.3 is 10.2 Å². The normalized spacial score (nSPS) is 26.5. The highest BCUT2D eigenvalue weighted by Crippen LogP contribution is 2.51. The van der Waals surface area contributed by atoms with E-state index in [1.165, 1.54) is 0 Å². The summed E-state index contributed by atoms with van der Waals surface area (Å²) in [6.45, 7) is 1.58. The van der Waals surface area contributed by atoms with Crippen LogP contribution in [-0.4, -0.2) is 25.0 Å². The first-order valence-corrected chi connectivity index (χ1v) is 8.05. The number of nitrogens with one attached hydrogen (secondary N) is 1. The van der Waals surface area contributed by atoms with Crippen LogP contribution in [0.15, 0.2) is 18.2 Å². The van der Waals surface area contributed by atoms with Crippen molar-refractivity contribution in [3.05, 3.63) is 29.6 Å². The van der Waals surface area contributed by atoms with Gasteiger partial charge in [0.25, 0.3) is 0 Å². The number of nitrogens with zero attached hydrogens (tertiary/aromatic N) is 1. The number of amides is 1. The van der Waals surface area contributed by atoms with Crippen LogP contribution in [-0.2, 0) is 10.2 Å². The van der Waals surface area contributed by atoms with Crippen LogP contribution in [0.3, 0.4) is 0 Å². The van der Waals surface area contributed by atoms with E-state index >= 15 is 0 Å². The fraction of sp³-hybridized carbons (Fsp3) is 0.588. The fourth-order valence-electron chi connectivity index (χ4n) is 4.47. The van der Waals surface area contributed by atoms with E-state index in [9.17, 15) is 9.18 Å². The van der Waals surface area contributed by atoms with Crippen LogP contribution >= 0.6 is 0 Å².